The van der Waals surface area contributed by atoms with Crippen LogP contribution in [0, 0.1) is 0 Å². The summed E-state index contributed by atoms with van der Waals surface area (Å²) in [7, 11) is -0.669. The number of methoxy groups -OCH3 is 1. The van der Waals surface area contributed by atoms with Crippen LogP contribution in [0.3, 0.4) is 0 Å². The van der Waals surface area contributed by atoms with E-state index >= 15 is 0 Å². The van der Waals surface area contributed by atoms with Crippen molar-refractivity contribution in [2.45, 2.75) is 38.9 Å². The van der Waals surface area contributed by atoms with Gasteiger partial charge in [0.1, 0.15) is 17.0 Å². The summed E-state index contributed by atoms with van der Waals surface area (Å²) in [6.07, 6.45) is 4.87. The first-order chi connectivity index (χ1) is 15.1. The number of pyridine rings is 2. The molecule has 0 unspecified atom stereocenters. The molecular weight excluding hydrogens is 422 g/mol. The van der Waals surface area contributed by atoms with Crippen molar-refractivity contribution in [2.75, 3.05) is 12.8 Å². The van der Waals surface area contributed by atoms with E-state index in [9.17, 15) is 0 Å². The molecule has 32 heavy (non-hydrogen) atoms. The largest absolute Gasteiger partial charge is 0.494 e. The van der Waals surface area contributed by atoms with Gasteiger partial charge < -0.3 is 15.0 Å². The van der Waals surface area contributed by atoms with Crippen molar-refractivity contribution in [3.63, 3.8) is 0 Å². The molecule has 0 aliphatic heterocycles. The summed E-state index contributed by atoms with van der Waals surface area (Å²) in [6, 6.07) is 7.42. The first-order valence-electron chi connectivity index (χ1n) is 10.3. The third kappa shape index (κ3) is 3.89. The van der Waals surface area contributed by atoms with Gasteiger partial charge >= 0.3 is 0 Å². The van der Waals surface area contributed by atoms with Crippen LogP contribution >= 0.6 is 0 Å². The molecule has 0 aliphatic rings. The van der Waals surface area contributed by atoms with Gasteiger partial charge in [0.25, 0.3) is 8.32 Å². The fourth-order valence-electron chi connectivity index (χ4n) is 2.84. The van der Waals surface area contributed by atoms with Gasteiger partial charge in [-0.15, -0.1) is 0 Å². The number of hydrogen-bond donors (Lipinski definition) is 1. The average Bonchev–Trinajstić information content (AvgIpc) is 3.10. The summed E-state index contributed by atoms with van der Waals surface area (Å²) < 4.78 is 13.5. The number of nitrogens with zero attached hydrogens (tertiary/aromatic N) is 6. The summed E-state index contributed by atoms with van der Waals surface area (Å²) in [6.45, 7) is 10.9. The quantitative estimate of drug-likeness (QED) is 0.455. The summed E-state index contributed by atoms with van der Waals surface area (Å²) in [5.41, 5.74) is 8.72. The van der Waals surface area contributed by atoms with Crippen molar-refractivity contribution in [1.82, 2.24) is 29.7 Å². The molecule has 10 heteroatoms. The summed E-state index contributed by atoms with van der Waals surface area (Å²) in [5.74, 6) is 2.00. The van der Waals surface area contributed by atoms with E-state index in [1.165, 1.54) is 0 Å². The van der Waals surface area contributed by atoms with E-state index in [-0.39, 0.29) is 5.04 Å². The van der Waals surface area contributed by atoms with Crippen LogP contribution in [0.2, 0.25) is 18.1 Å². The Morgan fingerprint density at radius 2 is 1.72 bits per heavy atom. The number of nitrogen functional groups attached to an aromatic ring is 1. The van der Waals surface area contributed by atoms with Crippen molar-refractivity contribution < 1.29 is 9.26 Å². The van der Waals surface area contributed by atoms with Gasteiger partial charge in [-0.05, 0) is 42.4 Å². The SMILES string of the molecule is COc1cnc(-c2ccc3nc(-c4cccnc4N)n(O[Si](C)(C)C(C)(C)C)c3n2)nc1. The number of hydrogen-bond acceptors (Lipinski definition) is 8. The molecule has 0 aliphatic carbocycles. The number of fused-ring (bicyclic) bond motifs is 1. The predicted octanol–water partition coefficient (Wildman–Crippen LogP) is 3.97. The molecule has 4 rings (SSSR count). The molecule has 4 heterocycles. The van der Waals surface area contributed by atoms with E-state index in [0.717, 1.165) is 0 Å². The minimum absolute atomic E-state index is 0.0297. The van der Waals surface area contributed by atoms with Gasteiger partial charge in [-0.25, -0.2) is 24.9 Å². The van der Waals surface area contributed by atoms with Gasteiger partial charge in [0.05, 0.1) is 25.1 Å². The van der Waals surface area contributed by atoms with Gasteiger partial charge in [-0.1, -0.05) is 20.8 Å². The van der Waals surface area contributed by atoms with Crippen molar-refractivity contribution in [3.8, 4) is 28.7 Å². The Kier molecular flexibility index (Phi) is 5.33. The van der Waals surface area contributed by atoms with E-state index < -0.39 is 8.32 Å². The average molecular weight is 450 g/mol. The second kappa shape index (κ2) is 7.86. The molecular formula is C22H27N7O2Si. The third-order valence-corrected chi connectivity index (χ3v) is 10.0. The fourth-order valence-corrected chi connectivity index (χ4v) is 3.75. The molecule has 0 atom stereocenters. The van der Waals surface area contributed by atoms with E-state index in [1.807, 2.05) is 24.3 Å². The molecule has 0 spiro atoms. The molecule has 0 bridgehead atoms. The first-order valence-corrected chi connectivity index (χ1v) is 13.2. The number of anilines is 1. The Morgan fingerprint density at radius 1 is 1.00 bits per heavy atom. The van der Waals surface area contributed by atoms with Crippen LogP contribution in [0.15, 0.2) is 42.9 Å². The lowest BCUT2D eigenvalue weighted by Crippen LogP contribution is -2.48. The highest BCUT2D eigenvalue weighted by atomic mass is 28.4. The number of rotatable bonds is 5. The molecule has 0 saturated heterocycles. The first kappa shape index (κ1) is 21.7. The summed E-state index contributed by atoms with van der Waals surface area (Å²) in [5, 5.41) is -0.0297. The number of aromatic nitrogens is 6. The smallest absolute Gasteiger partial charge is 0.284 e. The molecule has 0 saturated carbocycles. The van der Waals surface area contributed by atoms with Gasteiger partial charge in [-0.2, -0.15) is 4.73 Å². The number of nitrogens with two attached hydrogens (primary N) is 1. The maximum atomic E-state index is 6.67. The standard InChI is InChI=1S/C22H27N7O2Si/c1-22(2,3)32(5,6)31-29-20(15-8-7-11-24-18(15)23)28-17-10-9-16(27-21(17)29)19-25-12-14(30-4)13-26-19/h7-13H,1-6H3,(H2,23,24). The molecule has 4 aromatic heterocycles. The van der Waals surface area contributed by atoms with Gasteiger partial charge in [0.15, 0.2) is 23.0 Å². The molecule has 0 radical (unpaired) electrons. The second-order valence-electron chi connectivity index (χ2n) is 9.00. The third-order valence-electron chi connectivity index (χ3n) is 5.76. The van der Waals surface area contributed by atoms with Gasteiger partial charge in [0, 0.05) is 6.20 Å². The van der Waals surface area contributed by atoms with E-state index in [4.69, 9.17) is 25.0 Å². The highest BCUT2D eigenvalue weighted by molar-refractivity contribution is 6.74. The highest BCUT2D eigenvalue weighted by Gasteiger charge is 2.41. The van der Waals surface area contributed by atoms with E-state index in [0.29, 0.717) is 45.6 Å². The van der Waals surface area contributed by atoms with Crippen molar-refractivity contribution in [1.29, 1.82) is 0 Å². The topological polar surface area (TPSA) is 114 Å². The number of imidazole rings is 1. The normalized spacial score (nSPS) is 12.2. The van der Waals surface area contributed by atoms with Gasteiger partial charge in [0.2, 0.25) is 0 Å². The molecule has 0 aromatic carbocycles. The molecule has 2 N–H and O–H groups in total. The molecule has 0 fully saturated rings. The van der Waals surface area contributed by atoms with Crippen molar-refractivity contribution in [3.05, 3.63) is 42.9 Å². The second-order valence-corrected chi connectivity index (χ2v) is 13.7. The monoisotopic (exact) mass is 449 g/mol. The van der Waals surface area contributed by atoms with Crippen LogP contribution in [-0.2, 0) is 0 Å². The Bertz CT molecular complexity index is 1260. The van der Waals surface area contributed by atoms with E-state index in [2.05, 4.69) is 48.8 Å². The number of ether oxygens (including phenoxy) is 1. The maximum Gasteiger partial charge on any atom is 0.284 e. The van der Waals surface area contributed by atoms with Crippen LogP contribution in [0.4, 0.5) is 5.82 Å². The lowest BCUT2D eigenvalue weighted by Gasteiger charge is -2.36. The predicted molar refractivity (Wildman–Crippen MR) is 127 cm³/mol. The summed E-state index contributed by atoms with van der Waals surface area (Å²) in [4.78, 5) is 22.5. The zero-order valence-corrected chi connectivity index (χ0v) is 20.1. The lowest BCUT2D eigenvalue weighted by atomic mass is 10.2. The fraction of sp³-hybridized carbons (Fsp3) is 0.318. The van der Waals surface area contributed by atoms with Crippen LogP contribution in [0.5, 0.6) is 5.75 Å². The Labute approximate surface area is 187 Å². The van der Waals surface area contributed by atoms with Crippen LogP contribution in [0.25, 0.3) is 34.1 Å². The van der Waals surface area contributed by atoms with Crippen LogP contribution < -0.4 is 15.0 Å². The Hall–Kier alpha value is -3.53. The van der Waals surface area contributed by atoms with Crippen molar-refractivity contribution in [2.24, 2.45) is 0 Å². The zero-order valence-electron chi connectivity index (χ0n) is 19.1. The van der Waals surface area contributed by atoms with E-state index in [1.54, 1.807) is 30.4 Å². The molecule has 4 aromatic rings. The van der Waals surface area contributed by atoms with Crippen LogP contribution in [-0.4, -0.2) is 45.1 Å². The Balaban J connectivity index is 1.92. The Morgan fingerprint density at radius 3 is 2.34 bits per heavy atom. The van der Waals surface area contributed by atoms with Crippen LogP contribution in [0.1, 0.15) is 20.8 Å². The minimum atomic E-state index is -2.24. The summed E-state index contributed by atoms with van der Waals surface area (Å²) >= 11 is 0. The highest BCUT2D eigenvalue weighted by Crippen LogP contribution is 2.37. The van der Waals surface area contributed by atoms with Crippen molar-refractivity contribution >= 4 is 25.3 Å². The zero-order chi connectivity index (χ0) is 23.1. The molecule has 166 valence electrons. The lowest BCUT2D eigenvalue weighted by molar-refractivity contribution is 0.264. The van der Waals surface area contributed by atoms with Gasteiger partial charge in [-0.3, -0.25) is 0 Å². The minimum Gasteiger partial charge on any atom is -0.494 e. The molecule has 9 nitrogen and oxygen atoms in total. The maximum absolute atomic E-state index is 6.67. The molecule has 0 amide bonds.